The maximum Gasteiger partial charge on any atom is 0.243 e. The number of primary amides is 1. The normalized spacial score (nSPS) is 12.9. The molecular formula is C44H76N8O8S. The van der Waals surface area contributed by atoms with Gasteiger partial charge in [0.05, 0.1) is 6.54 Å². The zero-order valence-electron chi connectivity index (χ0n) is 37.0. The van der Waals surface area contributed by atoms with Gasteiger partial charge in [-0.3, -0.25) is 33.6 Å². The molecule has 61 heavy (non-hydrogen) atoms. The molecule has 0 aromatic heterocycles. The number of hydrogen-bond donors (Lipinski definition) is 9. The Morgan fingerprint density at radius 2 is 1.13 bits per heavy atom. The van der Waals surface area contributed by atoms with E-state index in [4.69, 9.17) is 11.5 Å². The molecule has 346 valence electrons. The number of phenolic OH excluding ortho intramolecular Hbond substituents is 1. The first kappa shape index (κ1) is 54.6. The van der Waals surface area contributed by atoms with Gasteiger partial charge >= 0.3 is 0 Å². The van der Waals surface area contributed by atoms with Crippen LogP contribution in [0.1, 0.15) is 141 Å². The van der Waals surface area contributed by atoms with Gasteiger partial charge in [-0.2, -0.15) is 11.8 Å². The fourth-order valence-corrected chi connectivity index (χ4v) is 7.19. The van der Waals surface area contributed by atoms with Crippen molar-refractivity contribution in [3.05, 3.63) is 29.8 Å². The number of nitrogens with two attached hydrogens (primary N) is 2. The topological polar surface area (TPSA) is 264 Å². The van der Waals surface area contributed by atoms with E-state index in [1.54, 1.807) is 12.1 Å². The Hall–Kier alpha value is -4.38. The largest absolute Gasteiger partial charge is 0.508 e. The summed E-state index contributed by atoms with van der Waals surface area (Å²) < 4.78 is 0. The van der Waals surface area contributed by atoms with Crippen molar-refractivity contribution in [1.29, 1.82) is 0 Å². The summed E-state index contributed by atoms with van der Waals surface area (Å²) in [6.45, 7) is 2.12. The van der Waals surface area contributed by atoms with Crippen molar-refractivity contribution >= 4 is 53.1 Å². The molecule has 0 radical (unpaired) electrons. The molecule has 0 bridgehead atoms. The third-order valence-electron chi connectivity index (χ3n) is 10.4. The average molecular weight is 877 g/mol. The fourth-order valence-electron chi connectivity index (χ4n) is 6.72. The molecule has 0 aliphatic rings. The summed E-state index contributed by atoms with van der Waals surface area (Å²) in [7, 11) is 1.43. The van der Waals surface area contributed by atoms with Gasteiger partial charge in [0.2, 0.25) is 41.4 Å². The van der Waals surface area contributed by atoms with E-state index >= 15 is 0 Å². The van der Waals surface area contributed by atoms with Crippen molar-refractivity contribution in [2.45, 2.75) is 166 Å². The molecule has 7 amide bonds. The Morgan fingerprint density at radius 3 is 1.67 bits per heavy atom. The number of amides is 7. The quantitative estimate of drug-likeness (QED) is 0.0444. The minimum Gasteiger partial charge on any atom is -0.508 e. The smallest absolute Gasteiger partial charge is 0.243 e. The van der Waals surface area contributed by atoms with Crippen LogP contribution in [0, 0.1) is 0 Å². The fraction of sp³-hybridized carbons (Fsp3) is 0.705. The summed E-state index contributed by atoms with van der Waals surface area (Å²) in [6, 6.07) is 1.59. The van der Waals surface area contributed by atoms with E-state index in [1.165, 1.54) is 88.7 Å². The van der Waals surface area contributed by atoms with E-state index in [1.807, 2.05) is 6.26 Å². The van der Waals surface area contributed by atoms with E-state index in [0.717, 1.165) is 25.7 Å². The van der Waals surface area contributed by atoms with Gasteiger partial charge in [0.1, 0.15) is 29.9 Å². The number of benzene rings is 1. The number of thioether (sulfide) groups is 1. The van der Waals surface area contributed by atoms with Crippen LogP contribution < -0.4 is 43.4 Å². The molecule has 1 aromatic carbocycles. The monoisotopic (exact) mass is 877 g/mol. The van der Waals surface area contributed by atoms with Gasteiger partial charge in [-0.1, -0.05) is 96.1 Å². The molecular weight excluding hydrogens is 801 g/mol. The van der Waals surface area contributed by atoms with Crippen molar-refractivity contribution in [2.24, 2.45) is 11.5 Å². The highest BCUT2D eigenvalue weighted by Gasteiger charge is 2.30. The van der Waals surface area contributed by atoms with Crippen LogP contribution >= 0.6 is 11.8 Å². The Morgan fingerprint density at radius 1 is 0.607 bits per heavy atom. The van der Waals surface area contributed by atoms with Crippen LogP contribution in [0.4, 0.5) is 0 Å². The molecule has 1 rings (SSSR count). The summed E-state index contributed by atoms with van der Waals surface area (Å²) in [4.78, 5) is 91.0. The molecule has 0 aliphatic heterocycles. The number of nitrogens with one attached hydrogen (secondary N) is 6. The molecule has 0 saturated heterocycles. The molecule has 4 atom stereocenters. The van der Waals surface area contributed by atoms with Gasteiger partial charge in [0.25, 0.3) is 0 Å². The van der Waals surface area contributed by atoms with E-state index in [0.29, 0.717) is 43.5 Å². The van der Waals surface area contributed by atoms with Crippen molar-refractivity contribution in [2.75, 3.05) is 32.1 Å². The summed E-state index contributed by atoms with van der Waals surface area (Å²) in [5.41, 5.74) is 11.5. The van der Waals surface area contributed by atoms with Gasteiger partial charge < -0.3 is 48.5 Å². The van der Waals surface area contributed by atoms with Gasteiger partial charge in [-0.25, -0.2) is 0 Å². The highest BCUT2D eigenvalue weighted by molar-refractivity contribution is 7.98. The molecule has 11 N–H and O–H groups in total. The lowest BCUT2D eigenvalue weighted by molar-refractivity contribution is -0.134. The summed E-state index contributed by atoms with van der Waals surface area (Å²) in [5, 5.41) is 25.6. The van der Waals surface area contributed by atoms with Crippen LogP contribution in [0.25, 0.3) is 0 Å². The molecule has 1 aromatic rings. The third-order valence-corrected chi connectivity index (χ3v) is 11.0. The molecule has 0 fully saturated rings. The predicted octanol–water partition coefficient (Wildman–Crippen LogP) is 3.37. The second-order valence-electron chi connectivity index (χ2n) is 15.6. The van der Waals surface area contributed by atoms with Gasteiger partial charge in [-0.15, -0.1) is 0 Å². The van der Waals surface area contributed by atoms with E-state index in [2.05, 4.69) is 38.8 Å². The standard InChI is InChI=1S/C44H76N8O8S/c1-4-5-6-7-8-9-10-11-12-13-14-15-16-20-39(55)49-36(27-29-61-3)42(58)48-31-40(56)50-37(30-32-21-23-33(53)24-22-32)44(60)52-35(25-26-38(46)54)43(59)51-34(41(57)47-2)19-17-18-28-45/h21-24,34-37,53H,4-20,25-31,45H2,1-3H3,(H2,46,54)(H,47,57)(H,48,58)(H,49,55)(H,50,56)(H,51,59)(H,52,60)/t34-,35-,36-,37+/m0/s1. The lowest BCUT2D eigenvalue weighted by Crippen LogP contribution is -2.58. The zero-order valence-corrected chi connectivity index (χ0v) is 37.8. The van der Waals surface area contributed by atoms with Gasteiger partial charge in [-0.05, 0) is 74.8 Å². The number of hydrogen-bond acceptors (Lipinski definition) is 10. The Bertz CT molecular complexity index is 1450. The number of unbranched alkanes of at least 4 members (excludes halogenated alkanes) is 13. The maximum absolute atomic E-state index is 13.8. The average Bonchev–Trinajstić information content (AvgIpc) is 3.24. The summed E-state index contributed by atoms with van der Waals surface area (Å²) in [5.74, 6) is -3.57. The van der Waals surface area contributed by atoms with Crippen molar-refractivity contribution in [1.82, 2.24) is 31.9 Å². The minimum absolute atomic E-state index is 0.00992. The van der Waals surface area contributed by atoms with Crippen LogP contribution in [0.15, 0.2) is 24.3 Å². The second kappa shape index (κ2) is 34.2. The maximum atomic E-state index is 13.8. The first-order chi connectivity index (χ1) is 29.3. The zero-order chi connectivity index (χ0) is 45.3. The molecule has 16 nitrogen and oxygen atoms in total. The minimum atomic E-state index is -1.30. The Labute approximate surface area is 367 Å². The number of carbonyl (C=O) groups is 7. The van der Waals surface area contributed by atoms with Crippen LogP contribution in [0.2, 0.25) is 0 Å². The van der Waals surface area contributed by atoms with E-state index in [-0.39, 0.29) is 37.3 Å². The predicted molar refractivity (Wildman–Crippen MR) is 241 cm³/mol. The molecule has 0 aliphatic carbocycles. The summed E-state index contributed by atoms with van der Waals surface area (Å²) in [6.07, 6.45) is 19.0. The molecule has 0 heterocycles. The lowest BCUT2D eigenvalue weighted by atomic mass is 10.0. The number of carbonyl (C=O) groups excluding carboxylic acids is 7. The molecule has 0 unspecified atom stereocenters. The van der Waals surface area contributed by atoms with E-state index < -0.39 is 66.2 Å². The van der Waals surface area contributed by atoms with Crippen LogP contribution in [-0.2, 0) is 40.0 Å². The number of aromatic hydroxyl groups is 1. The molecule has 0 spiro atoms. The number of likely N-dealkylation sites (N-methyl/N-ethyl adjacent to an activating group) is 1. The second-order valence-corrected chi connectivity index (χ2v) is 16.6. The van der Waals surface area contributed by atoms with Crippen molar-refractivity contribution < 1.29 is 38.7 Å². The van der Waals surface area contributed by atoms with E-state index in [9.17, 15) is 38.7 Å². The molecule has 17 heteroatoms. The van der Waals surface area contributed by atoms with Gasteiger partial charge in [0, 0.05) is 26.3 Å². The van der Waals surface area contributed by atoms with Gasteiger partial charge in [0.15, 0.2) is 0 Å². The first-order valence-electron chi connectivity index (χ1n) is 22.3. The summed E-state index contributed by atoms with van der Waals surface area (Å²) >= 11 is 1.52. The third kappa shape index (κ3) is 26.5. The van der Waals surface area contributed by atoms with Crippen LogP contribution in [0.3, 0.4) is 0 Å². The number of rotatable bonds is 36. The van der Waals surface area contributed by atoms with Crippen molar-refractivity contribution in [3.8, 4) is 5.75 Å². The van der Waals surface area contributed by atoms with Crippen LogP contribution in [-0.4, -0.2) is 103 Å². The first-order valence-corrected chi connectivity index (χ1v) is 23.7. The van der Waals surface area contributed by atoms with Crippen LogP contribution in [0.5, 0.6) is 5.75 Å². The Kier molecular flexibility index (Phi) is 30.7. The highest BCUT2D eigenvalue weighted by Crippen LogP contribution is 2.14. The molecule has 0 saturated carbocycles. The van der Waals surface area contributed by atoms with Crippen molar-refractivity contribution in [3.63, 3.8) is 0 Å². The Balaban J connectivity index is 2.88. The highest BCUT2D eigenvalue weighted by atomic mass is 32.2. The number of phenols is 1. The lowest BCUT2D eigenvalue weighted by Gasteiger charge is -2.25. The SMILES string of the molecule is CCCCCCCCCCCCCCCC(=O)N[C@@H](CCSC)C(=O)NCC(=O)N[C@H](Cc1ccc(O)cc1)C(=O)N[C@@H](CCC(N)=O)C(=O)N[C@@H](CCCCN)C(=O)NC.